The normalized spacial score (nSPS) is 10.9. The van der Waals surface area contributed by atoms with Crippen LogP contribution in [0.3, 0.4) is 0 Å². The fourth-order valence-corrected chi connectivity index (χ4v) is 4.03. The molecule has 0 radical (unpaired) electrons. The number of hydrogen-bond donors (Lipinski definition) is 1. The monoisotopic (exact) mass is 439 g/mol. The summed E-state index contributed by atoms with van der Waals surface area (Å²) in [5.74, 6) is 0.292. The molecular formula is C22H18ClN3O3S. The Hall–Kier alpha value is -3.16. The van der Waals surface area contributed by atoms with Crippen molar-refractivity contribution >= 4 is 39.5 Å². The number of aryl methyl sites for hydroxylation is 2. The quantitative estimate of drug-likeness (QED) is 0.482. The number of thiazole rings is 1. The van der Waals surface area contributed by atoms with Crippen molar-refractivity contribution in [3.63, 3.8) is 0 Å². The van der Waals surface area contributed by atoms with E-state index in [9.17, 15) is 9.59 Å². The van der Waals surface area contributed by atoms with E-state index in [1.165, 1.54) is 21.8 Å². The van der Waals surface area contributed by atoms with Crippen LogP contribution >= 0.6 is 22.9 Å². The standard InChI is InChI=1S/C22H18ClN3O3S/c1-13-7-8-15(24-21(28)17-5-3-4-6-18(17)23)9-19(13)29-12-16-10-20(27)26-11-14(2)30-22(26)25-16/h3-11H,12H2,1-2H3,(H,24,28). The van der Waals surface area contributed by atoms with Crippen molar-refractivity contribution in [1.82, 2.24) is 9.38 Å². The van der Waals surface area contributed by atoms with Gasteiger partial charge in [-0.05, 0) is 37.6 Å². The second-order valence-corrected chi connectivity index (χ2v) is 8.40. The Morgan fingerprint density at radius 2 is 2.00 bits per heavy atom. The van der Waals surface area contributed by atoms with E-state index in [0.29, 0.717) is 32.7 Å². The van der Waals surface area contributed by atoms with Gasteiger partial charge in [0.2, 0.25) is 0 Å². The summed E-state index contributed by atoms with van der Waals surface area (Å²) < 4.78 is 7.43. The van der Waals surface area contributed by atoms with Crippen molar-refractivity contribution in [2.45, 2.75) is 20.5 Å². The molecule has 0 unspecified atom stereocenters. The molecule has 6 nitrogen and oxygen atoms in total. The largest absolute Gasteiger partial charge is 0.487 e. The van der Waals surface area contributed by atoms with Crippen molar-refractivity contribution < 1.29 is 9.53 Å². The number of nitrogens with zero attached hydrogens (tertiary/aromatic N) is 2. The zero-order valence-electron chi connectivity index (χ0n) is 16.3. The number of fused-ring (bicyclic) bond motifs is 1. The Bertz CT molecular complexity index is 1310. The lowest BCUT2D eigenvalue weighted by molar-refractivity contribution is 0.102. The van der Waals surface area contributed by atoms with Gasteiger partial charge in [-0.1, -0.05) is 29.8 Å². The molecule has 1 N–H and O–H groups in total. The minimum Gasteiger partial charge on any atom is -0.487 e. The van der Waals surface area contributed by atoms with Crippen molar-refractivity contribution in [2.75, 3.05) is 5.32 Å². The molecule has 0 bridgehead atoms. The zero-order valence-corrected chi connectivity index (χ0v) is 17.9. The number of nitrogens with one attached hydrogen (secondary N) is 1. The van der Waals surface area contributed by atoms with Gasteiger partial charge in [0, 0.05) is 28.9 Å². The molecular weight excluding hydrogens is 422 g/mol. The lowest BCUT2D eigenvalue weighted by Crippen LogP contribution is -2.14. The van der Waals surface area contributed by atoms with Crippen LogP contribution in [0.15, 0.2) is 59.5 Å². The molecule has 2 aromatic heterocycles. The number of hydrogen-bond acceptors (Lipinski definition) is 5. The first-order valence-corrected chi connectivity index (χ1v) is 10.4. The van der Waals surface area contributed by atoms with E-state index in [-0.39, 0.29) is 18.1 Å². The molecule has 2 aromatic carbocycles. The van der Waals surface area contributed by atoms with Crippen LogP contribution in [0.1, 0.15) is 26.5 Å². The Kier molecular flexibility index (Phi) is 5.57. The number of amides is 1. The SMILES string of the molecule is Cc1cn2c(=O)cc(COc3cc(NC(=O)c4ccccc4Cl)ccc3C)nc2s1. The van der Waals surface area contributed by atoms with E-state index >= 15 is 0 Å². The number of anilines is 1. The Morgan fingerprint density at radius 3 is 2.80 bits per heavy atom. The third kappa shape index (κ3) is 4.22. The average Bonchev–Trinajstić information content (AvgIpc) is 3.09. The molecule has 0 saturated carbocycles. The summed E-state index contributed by atoms with van der Waals surface area (Å²) in [7, 11) is 0. The van der Waals surface area contributed by atoms with Crippen LogP contribution in [0.4, 0.5) is 5.69 Å². The van der Waals surface area contributed by atoms with Gasteiger partial charge in [-0.3, -0.25) is 14.0 Å². The van der Waals surface area contributed by atoms with Gasteiger partial charge in [0.15, 0.2) is 4.96 Å². The van der Waals surface area contributed by atoms with Gasteiger partial charge < -0.3 is 10.1 Å². The predicted molar refractivity (Wildman–Crippen MR) is 119 cm³/mol. The molecule has 4 rings (SSSR count). The van der Waals surface area contributed by atoms with Gasteiger partial charge in [-0.25, -0.2) is 4.98 Å². The maximum absolute atomic E-state index is 12.5. The zero-order chi connectivity index (χ0) is 21.3. The molecule has 0 fully saturated rings. The Labute approximate surface area is 181 Å². The van der Waals surface area contributed by atoms with E-state index in [1.807, 2.05) is 19.9 Å². The van der Waals surface area contributed by atoms with E-state index in [0.717, 1.165) is 10.4 Å². The minimum absolute atomic E-state index is 0.138. The highest BCUT2D eigenvalue weighted by Crippen LogP contribution is 2.25. The predicted octanol–water partition coefficient (Wildman–Crippen LogP) is 4.86. The van der Waals surface area contributed by atoms with Crippen LogP contribution in [-0.2, 0) is 6.61 Å². The summed E-state index contributed by atoms with van der Waals surface area (Å²) in [5, 5.41) is 3.21. The maximum Gasteiger partial charge on any atom is 0.258 e. The van der Waals surface area contributed by atoms with Gasteiger partial charge in [0.1, 0.15) is 12.4 Å². The van der Waals surface area contributed by atoms with E-state index in [2.05, 4.69) is 10.3 Å². The molecule has 30 heavy (non-hydrogen) atoms. The van der Waals surface area contributed by atoms with Gasteiger partial charge in [0.05, 0.1) is 16.3 Å². The van der Waals surface area contributed by atoms with E-state index < -0.39 is 0 Å². The highest BCUT2D eigenvalue weighted by atomic mass is 35.5. The summed E-state index contributed by atoms with van der Waals surface area (Å²) in [6.45, 7) is 3.98. The number of carbonyl (C=O) groups is 1. The molecule has 0 saturated heterocycles. The summed E-state index contributed by atoms with van der Waals surface area (Å²) in [6, 6.07) is 13.7. The molecule has 0 aliphatic carbocycles. The van der Waals surface area contributed by atoms with Crippen LogP contribution in [0.25, 0.3) is 4.96 Å². The topological polar surface area (TPSA) is 72.7 Å². The van der Waals surface area contributed by atoms with Crippen molar-refractivity contribution in [2.24, 2.45) is 0 Å². The van der Waals surface area contributed by atoms with Crippen LogP contribution in [-0.4, -0.2) is 15.3 Å². The summed E-state index contributed by atoms with van der Waals surface area (Å²) in [5.41, 5.74) is 2.28. The first kappa shape index (κ1) is 20.1. The molecule has 0 atom stereocenters. The molecule has 1 amide bonds. The highest BCUT2D eigenvalue weighted by Gasteiger charge is 2.12. The van der Waals surface area contributed by atoms with Crippen LogP contribution in [0, 0.1) is 13.8 Å². The number of rotatable bonds is 5. The molecule has 2 heterocycles. The number of benzene rings is 2. The first-order valence-electron chi connectivity index (χ1n) is 9.19. The number of aromatic nitrogens is 2. The van der Waals surface area contributed by atoms with Crippen molar-refractivity contribution in [3.05, 3.63) is 91.8 Å². The lowest BCUT2D eigenvalue weighted by Gasteiger charge is -2.12. The first-order chi connectivity index (χ1) is 14.4. The van der Waals surface area contributed by atoms with E-state index in [1.54, 1.807) is 42.6 Å². The fourth-order valence-electron chi connectivity index (χ4n) is 2.96. The molecule has 4 aromatic rings. The highest BCUT2D eigenvalue weighted by molar-refractivity contribution is 7.16. The summed E-state index contributed by atoms with van der Waals surface area (Å²) in [4.78, 5) is 30.9. The third-order valence-corrected chi connectivity index (χ3v) is 5.70. The summed E-state index contributed by atoms with van der Waals surface area (Å²) in [6.07, 6.45) is 1.77. The van der Waals surface area contributed by atoms with Crippen LogP contribution in [0.5, 0.6) is 5.75 Å². The van der Waals surface area contributed by atoms with Gasteiger partial charge in [-0.15, -0.1) is 11.3 Å². The molecule has 8 heteroatoms. The van der Waals surface area contributed by atoms with Gasteiger partial charge >= 0.3 is 0 Å². The van der Waals surface area contributed by atoms with Crippen molar-refractivity contribution in [3.8, 4) is 5.75 Å². The van der Waals surface area contributed by atoms with E-state index in [4.69, 9.17) is 16.3 Å². The molecule has 0 aliphatic rings. The Morgan fingerprint density at radius 1 is 1.20 bits per heavy atom. The van der Waals surface area contributed by atoms with Crippen LogP contribution in [0.2, 0.25) is 5.02 Å². The third-order valence-electron chi connectivity index (χ3n) is 4.48. The second kappa shape index (κ2) is 8.30. The Balaban J connectivity index is 1.52. The molecule has 0 aliphatic heterocycles. The molecule has 152 valence electrons. The second-order valence-electron chi connectivity index (χ2n) is 6.78. The van der Waals surface area contributed by atoms with Gasteiger partial charge in [0.25, 0.3) is 11.5 Å². The fraction of sp³-hybridized carbons (Fsp3) is 0.136. The van der Waals surface area contributed by atoms with Crippen molar-refractivity contribution in [1.29, 1.82) is 0 Å². The lowest BCUT2D eigenvalue weighted by atomic mass is 10.1. The number of carbonyl (C=O) groups excluding carboxylic acids is 1. The maximum atomic E-state index is 12.5. The van der Waals surface area contributed by atoms with Crippen LogP contribution < -0.4 is 15.6 Å². The number of halogens is 1. The number of ether oxygens (including phenoxy) is 1. The molecule has 0 spiro atoms. The average molecular weight is 440 g/mol. The smallest absolute Gasteiger partial charge is 0.258 e. The minimum atomic E-state index is -0.302. The van der Waals surface area contributed by atoms with Gasteiger partial charge in [-0.2, -0.15) is 0 Å². The summed E-state index contributed by atoms with van der Waals surface area (Å²) >= 11 is 7.55.